The predicted molar refractivity (Wildman–Crippen MR) is 76.4 cm³/mol. The summed E-state index contributed by atoms with van der Waals surface area (Å²) in [6, 6.07) is 9.89. The van der Waals surface area contributed by atoms with Gasteiger partial charge < -0.3 is 5.32 Å². The molecule has 0 saturated carbocycles. The van der Waals surface area contributed by atoms with E-state index >= 15 is 0 Å². The topological polar surface area (TPSA) is 56.0 Å². The number of benzene rings is 1. The molecular formula is C15H17N3O2. The van der Waals surface area contributed by atoms with Gasteiger partial charge in [-0.3, -0.25) is 13.9 Å². The Morgan fingerprint density at radius 1 is 1.20 bits per heavy atom. The second kappa shape index (κ2) is 5.00. The fourth-order valence-corrected chi connectivity index (χ4v) is 2.65. The van der Waals surface area contributed by atoms with Gasteiger partial charge in [-0.15, -0.1) is 0 Å². The quantitative estimate of drug-likeness (QED) is 0.895. The molecule has 1 aromatic carbocycles. The van der Waals surface area contributed by atoms with Crippen LogP contribution in [0, 0.1) is 0 Å². The van der Waals surface area contributed by atoms with Crippen molar-refractivity contribution in [3.05, 3.63) is 47.0 Å². The van der Waals surface area contributed by atoms with E-state index in [1.165, 1.54) is 0 Å². The SMILES string of the molecule is Cn1c(-c2ccccc2)cn(C2CCC(=O)NC2)c1=O. The van der Waals surface area contributed by atoms with E-state index in [-0.39, 0.29) is 17.6 Å². The van der Waals surface area contributed by atoms with Crippen LogP contribution in [-0.2, 0) is 11.8 Å². The van der Waals surface area contributed by atoms with Gasteiger partial charge in [-0.2, -0.15) is 0 Å². The van der Waals surface area contributed by atoms with Crippen molar-refractivity contribution in [2.24, 2.45) is 7.05 Å². The van der Waals surface area contributed by atoms with Gasteiger partial charge in [0, 0.05) is 26.2 Å². The zero-order chi connectivity index (χ0) is 14.1. The van der Waals surface area contributed by atoms with Crippen LogP contribution >= 0.6 is 0 Å². The molecule has 2 heterocycles. The van der Waals surface area contributed by atoms with Crippen molar-refractivity contribution >= 4 is 5.91 Å². The molecule has 1 fully saturated rings. The molecule has 20 heavy (non-hydrogen) atoms. The number of hydrogen-bond donors (Lipinski definition) is 1. The number of aromatic nitrogens is 2. The first-order valence-corrected chi connectivity index (χ1v) is 6.77. The molecule has 1 unspecified atom stereocenters. The van der Waals surface area contributed by atoms with Crippen LogP contribution in [0.3, 0.4) is 0 Å². The van der Waals surface area contributed by atoms with Crippen LogP contribution in [0.1, 0.15) is 18.9 Å². The maximum atomic E-state index is 12.4. The molecule has 3 rings (SSSR count). The van der Waals surface area contributed by atoms with Crippen molar-refractivity contribution in [3.63, 3.8) is 0 Å². The lowest BCUT2D eigenvalue weighted by Crippen LogP contribution is -2.39. The molecule has 1 aromatic heterocycles. The molecule has 5 nitrogen and oxygen atoms in total. The second-order valence-electron chi connectivity index (χ2n) is 5.13. The number of piperidine rings is 1. The van der Waals surface area contributed by atoms with Crippen LogP contribution in [0.4, 0.5) is 0 Å². The highest BCUT2D eigenvalue weighted by atomic mass is 16.2. The van der Waals surface area contributed by atoms with E-state index in [0.717, 1.165) is 11.3 Å². The minimum absolute atomic E-state index is 0.0370. The van der Waals surface area contributed by atoms with Gasteiger partial charge in [0.25, 0.3) is 0 Å². The third kappa shape index (κ3) is 2.15. The molecule has 5 heteroatoms. The smallest absolute Gasteiger partial charge is 0.328 e. The minimum atomic E-state index is -0.0370. The van der Waals surface area contributed by atoms with Crippen molar-refractivity contribution in [1.29, 1.82) is 0 Å². The van der Waals surface area contributed by atoms with Crippen LogP contribution in [-0.4, -0.2) is 21.6 Å². The monoisotopic (exact) mass is 271 g/mol. The van der Waals surface area contributed by atoms with E-state index in [4.69, 9.17) is 0 Å². The lowest BCUT2D eigenvalue weighted by Gasteiger charge is -2.22. The molecule has 104 valence electrons. The minimum Gasteiger partial charge on any atom is -0.354 e. The van der Waals surface area contributed by atoms with E-state index in [1.54, 1.807) is 16.2 Å². The zero-order valence-electron chi connectivity index (χ0n) is 11.4. The zero-order valence-corrected chi connectivity index (χ0v) is 11.4. The molecule has 0 aliphatic carbocycles. The van der Waals surface area contributed by atoms with Crippen molar-refractivity contribution in [2.45, 2.75) is 18.9 Å². The number of rotatable bonds is 2. The molecule has 1 saturated heterocycles. The Morgan fingerprint density at radius 3 is 2.60 bits per heavy atom. The Labute approximate surface area is 116 Å². The number of imidazole rings is 1. The third-order valence-electron chi connectivity index (χ3n) is 3.83. The summed E-state index contributed by atoms with van der Waals surface area (Å²) in [5, 5.41) is 2.82. The van der Waals surface area contributed by atoms with Gasteiger partial charge in [-0.1, -0.05) is 30.3 Å². The molecule has 2 aromatic rings. The van der Waals surface area contributed by atoms with Gasteiger partial charge in [0.2, 0.25) is 5.91 Å². The van der Waals surface area contributed by atoms with Crippen LogP contribution in [0.15, 0.2) is 41.3 Å². The molecule has 1 amide bonds. The first-order valence-electron chi connectivity index (χ1n) is 6.77. The van der Waals surface area contributed by atoms with Gasteiger partial charge in [-0.25, -0.2) is 4.79 Å². The lowest BCUT2D eigenvalue weighted by atomic mass is 10.1. The van der Waals surface area contributed by atoms with E-state index in [9.17, 15) is 9.59 Å². The number of carbonyl (C=O) groups is 1. The van der Waals surface area contributed by atoms with Crippen LogP contribution in [0.5, 0.6) is 0 Å². The fourth-order valence-electron chi connectivity index (χ4n) is 2.65. The summed E-state index contributed by atoms with van der Waals surface area (Å²) in [5.41, 5.74) is 1.88. The van der Waals surface area contributed by atoms with E-state index in [0.29, 0.717) is 19.4 Å². The van der Waals surface area contributed by atoms with Gasteiger partial charge in [0.15, 0.2) is 0 Å². The van der Waals surface area contributed by atoms with Gasteiger partial charge in [0.1, 0.15) is 0 Å². The van der Waals surface area contributed by atoms with E-state index < -0.39 is 0 Å². The molecule has 1 aliphatic rings. The molecule has 0 spiro atoms. The van der Waals surface area contributed by atoms with Crippen molar-refractivity contribution in [2.75, 3.05) is 6.54 Å². The molecule has 0 bridgehead atoms. The van der Waals surface area contributed by atoms with Crippen LogP contribution < -0.4 is 11.0 Å². The lowest BCUT2D eigenvalue weighted by molar-refractivity contribution is -0.122. The Morgan fingerprint density at radius 2 is 1.95 bits per heavy atom. The first-order chi connectivity index (χ1) is 9.66. The highest BCUT2D eigenvalue weighted by Crippen LogP contribution is 2.21. The number of carbonyl (C=O) groups excluding carboxylic acids is 1. The second-order valence-corrected chi connectivity index (χ2v) is 5.13. The largest absolute Gasteiger partial charge is 0.354 e. The summed E-state index contributed by atoms with van der Waals surface area (Å²) >= 11 is 0. The summed E-state index contributed by atoms with van der Waals surface area (Å²) in [7, 11) is 1.78. The van der Waals surface area contributed by atoms with Gasteiger partial charge in [-0.05, 0) is 12.0 Å². The van der Waals surface area contributed by atoms with Crippen molar-refractivity contribution in [1.82, 2.24) is 14.5 Å². The molecule has 1 N–H and O–H groups in total. The Balaban J connectivity index is 1.98. The Bertz CT molecular complexity index is 675. The average molecular weight is 271 g/mol. The predicted octanol–water partition coefficient (Wildman–Crippen LogP) is 1.30. The van der Waals surface area contributed by atoms with Gasteiger partial charge in [0.05, 0.1) is 11.7 Å². The summed E-state index contributed by atoms with van der Waals surface area (Å²) in [6.07, 6.45) is 3.08. The normalized spacial score (nSPS) is 18.9. The van der Waals surface area contributed by atoms with Crippen LogP contribution in [0.2, 0.25) is 0 Å². The maximum Gasteiger partial charge on any atom is 0.328 e. The Kier molecular flexibility index (Phi) is 3.18. The highest BCUT2D eigenvalue weighted by molar-refractivity contribution is 5.76. The first kappa shape index (κ1) is 12.7. The standard InChI is InChI=1S/C15H17N3O2/c1-17-13(11-5-3-2-4-6-11)10-18(15(17)20)12-7-8-14(19)16-9-12/h2-6,10,12H,7-9H2,1H3,(H,16,19). The van der Waals surface area contributed by atoms with Crippen molar-refractivity contribution < 1.29 is 4.79 Å². The van der Waals surface area contributed by atoms with Crippen molar-refractivity contribution in [3.8, 4) is 11.3 Å². The molecule has 0 radical (unpaired) electrons. The van der Waals surface area contributed by atoms with Gasteiger partial charge >= 0.3 is 5.69 Å². The third-order valence-corrected chi connectivity index (χ3v) is 3.83. The average Bonchev–Trinajstić information content (AvgIpc) is 2.77. The van der Waals surface area contributed by atoms with E-state index in [1.807, 2.05) is 36.5 Å². The fraction of sp³-hybridized carbons (Fsp3) is 0.333. The number of hydrogen-bond acceptors (Lipinski definition) is 2. The Hall–Kier alpha value is -2.30. The summed E-state index contributed by atoms with van der Waals surface area (Å²) in [5.74, 6) is 0.0634. The number of nitrogens with one attached hydrogen (secondary N) is 1. The molecule has 1 aliphatic heterocycles. The summed E-state index contributed by atoms with van der Waals surface area (Å²) < 4.78 is 3.40. The molecular weight excluding hydrogens is 254 g/mol. The molecule has 1 atom stereocenters. The van der Waals surface area contributed by atoms with E-state index in [2.05, 4.69) is 5.32 Å². The van der Waals surface area contributed by atoms with Crippen LogP contribution in [0.25, 0.3) is 11.3 Å². The highest BCUT2D eigenvalue weighted by Gasteiger charge is 2.22. The number of amides is 1. The summed E-state index contributed by atoms with van der Waals surface area (Å²) in [6.45, 7) is 0.525. The maximum absolute atomic E-state index is 12.4. The number of nitrogens with zero attached hydrogens (tertiary/aromatic N) is 2. The summed E-state index contributed by atoms with van der Waals surface area (Å²) in [4.78, 5) is 23.6.